The van der Waals surface area contributed by atoms with E-state index in [1.165, 1.54) is 32.1 Å². The summed E-state index contributed by atoms with van der Waals surface area (Å²) in [5.41, 5.74) is 0.546. The number of rotatable bonds is 3. The van der Waals surface area contributed by atoms with E-state index in [1.807, 2.05) is 26.0 Å². The molecule has 0 aromatic carbocycles. The summed E-state index contributed by atoms with van der Waals surface area (Å²) < 4.78 is 0. The van der Waals surface area contributed by atoms with Gasteiger partial charge in [-0.05, 0) is 43.3 Å². The number of aliphatic hydroxyl groups excluding tert-OH is 2. The quantitative estimate of drug-likeness (QED) is 0.813. The lowest BCUT2D eigenvalue weighted by Gasteiger charge is -2.42. The summed E-state index contributed by atoms with van der Waals surface area (Å²) >= 11 is 0. The van der Waals surface area contributed by atoms with Crippen molar-refractivity contribution in [2.24, 2.45) is 16.7 Å². The lowest BCUT2D eigenvalue weighted by Crippen LogP contribution is -2.44. The van der Waals surface area contributed by atoms with Gasteiger partial charge < -0.3 is 10.2 Å². The summed E-state index contributed by atoms with van der Waals surface area (Å²) in [7, 11) is 0. The molecule has 3 heteroatoms. The van der Waals surface area contributed by atoms with Crippen LogP contribution in [-0.2, 0) is 4.79 Å². The van der Waals surface area contributed by atoms with Gasteiger partial charge in [-0.2, -0.15) is 0 Å². The average Bonchev–Trinajstić information content (AvgIpc) is 2.51. The molecule has 0 aromatic rings. The Kier molecular flexibility index (Phi) is 6.44. The van der Waals surface area contributed by atoms with Gasteiger partial charge in [0.15, 0.2) is 0 Å². The molecule has 0 aromatic heterocycles. The molecule has 0 amide bonds. The second-order valence-electron chi connectivity index (χ2n) is 8.49. The molecule has 1 unspecified atom stereocenters. The topological polar surface area (TPSA) is 57.5 Å². The van der Waals surface area contributed by atoms with Crippen LogP contribution in [0.1, 0.15) is 72.1 Å². The van der Waals surface area contributed by atoms with Crippen molar-refractivity contribution in [3.8, 4) is 0 Å². The molecule has 0 aliphatic heterocycles. The highest BCUT2D eigenvalue weighted by Gasteiger charge is 2.46. The van der Waals surface area contributed by atoms with Gasteiger partial charge in [0.2, 0.25) is 0 Å². The van der Waals surface area contributed by atoms with Gasteiger partial charge in [-0.15, -0.1) is 0 Å². The van der Waals surface area contributed by atoms with Crippen molar-refractivity contribution >= 4 is 5.78 Å². The lowest BCUT2D eigenvalue weighted by molar-refractivity contribution is -0.137. The molecule has 3 nitrogen and oxygen atoms in total. The fraction of sp³-hybridized carbons (Fsp3) is 0.762. The first-order valence-corrected chi connectivity index (χ1v) is 9.52. The molecule has 0 saturated heterocycles. The van der Waals surface area contributed by atoms with Crippen LogP contribution in [0.3, 0.4) is 0 Å². The number of Topliss-reactive ketones (excluding diaryl/α,β-unsaturated/α-hetero) is 1. The smallest absolute Gasteiger partial charge is 0.148 e. The van der Waals surface area contributed by atoms with Gasteiger partial charge in [0.1, 0.15) is 5.78 Å². The number of hydrogen-bond acceptors (Lipinski definition) is 3. The van der Waals surface area contributed by atoms with Crippen molar-refractivity contribution in [3.05, 3.63) is 23.3 Å². The fourth-order valence-corrected chi connectivity index (χ4v) is 4.62. The zero-order valence-electron chi connectivity index (χ0n) is 15.6. The maximum Gasteiger partial charge on any atom is 0.148 e. The van der Waals surface area contributed by atoms with Crippen molar-refractivity contribution in [2.45, 2.75) is 72.1 Å². The van der Waals surface area contributed by atoms with Crippen LogP contribution in [0, 0.1) is 16.7 Å². The molecule has 1 atom stereocenters. The highest BCUT2D eigenvalue weighted by molar-refractivity contribution is 5.92. The molecule has 0 spiro atoms. The molecule has 136 valence electrons. The third-order valence-electron chi connectivity index (χ3n) is 6.16. The van der Waals surface area contributed by atoms with E-state index in [9.17, 15) is 15.0 Å². The Bertz CT molecular complexity index is 507. The van der Waals surface area contributed by atoms with Gasteiger partial charge in [0, 0.05) is 10.8 Å². The summed E-state index contributed by atoms with van der Waals surface area (Å²) in [4.78, 5) is 13.5. The third-order valence-corrected chi connectivity index (χ3v) is 6.16. The Labute approximate surface area is 146 Å². The Morgan fingerprint density at radius 3 is 2.12 bits per heavy atom. The maximum absolute atomic E-state index is 13.5. The number of ketones is 1. The van der Waals surface area contributed by atoms with Crippen LogP contribution in [0.25, 0.3) is 0 Å². The van der Waals surface area contributed by atoms with E-state index < -0.39 is 10.8 Å². The number of aliphatic hydroxyl groups is 2. The number of allylic oxidation sites excluding steroid dienone is 1. The molecule has 1 saturated carbocycles. The first kappa shape index (κ1) is 19.4. The van der Waals surface area contributed by atoms with Gasteiger partial charge in [-0.25, -0.2) is 0 Å². The van der Waals surface area contributed by atoms with Gasteiger partial charge in [-0.1, -0.05) is 58.1 Å². The van der Waals surface area contributed by atoms with E-state index in [1.54, 1.807) is 0 Å². The minimum Gasteiger partial charge on any atom is -0.392 e. The van der Waals surface area contributed by atoms with Crippen molar-refractivity contribution < 1.29 is 15.0 Å². The van der Waals surface area contributed by atoms with Crippen LogP contribution >= 0.6 is 0 Å². The van der Waals surface area contributed by atoms with Crippen LogP contribution in [0.15, 0.2) is 23.3 Å². The van der Waals surface area contributed by atoms with E-state index in [4.69, 9.17) is 0 Å². The number of carbonyl (C=O) groups excluding carboxylic acids is 1. The van der Waals surface area contributed by atoms with Crippen LogP contribution < -0.4 is 0 Å². The first-order valence-electron chi connectivity index (χ1n) is 9.52. The van der Waals surface area contributed by atoms with Crippen molar-refractivity contribution in [1.82, 2.24) is 0 Å². The zero-order chi connectivity index (χ0) is 17.8. The minimum atomic E-state index is -0.527. The van der Waals surface area contributed by atoms with Crippen LogP contribution in [0.5, 0.6) is 0 Å². The predicted molar refractivity (Wildman–Crippen MR) is 97.7 cm³/mol. The second-order valence-corrected chi connectivity index (χ2v) is 8.49. The molecule has 24 heavy (non-hydrogen) atoms. The molecular formula is C21H34O3. The molecule has 0 heterocycles. The highest BCUT2D eigenvalue weighted by Crippen LogP contribution is 2.46. The van der Waals surface area contributed by atoms with Gasteiger partial charge in [-0.3, -0.25) is 4.79 Å². The normalized spacial score (nSPS) is 34.1. The van der Waals surface area contributed by atoms with Crippen LogP contribution in [0.4, 0.5) is 0 Å². The molecule has 2 rings (SSSR count). The van der Waals surface area contributed by atoms with Gasteiger partial charge >= 0.3 is 0 Å². The van der Waals surface area contributed by atoms with Crippen LogP contribution in [0.2, 0.25) is 0 Å². The van der Waals surface area contributed by atoms with Crippen LogP contribution in [-0.4, -0.2) is 29.2 Å². The number of hydrogen-bond donors (Lipinski definition) is 2. The van der Waals surface area contributed by atoms with E-state index >= 15 is 0 Å². The SMILES string of the molecule is CC1(C)C/C(CO)=C(CO)\C=C/C(C)(C2CCCCCCC2)C1=O. The van der Waals surface area contributed by atoms with Crippen molar-refractivity contribution in [2.75, 3.05) is 13.2 Å². The van der Waals surface area contributed by atoms with E-state index in [-0.39, 0.29) is 19.0 Å². The van der Waals surface area contributed by atoms with Gasteiger partial charge in [0.05, 0.1) is 13.2 Å². The van der Waals surface area contributed by atoms with Gasteiger partial charge in [0.25, 0.3) is 0 Å². The molecule has 2 aliphatic carbocycles. The summed E-state index contributed by atoms with van der Waals surface area (Å²) in [6, 6.07) is 0. The minimum absolute atomic E-state index is 0.0859. The molecule has 0 radical (unpaired) electrons. The summed E-state index contributed by atoms with van der Waals surface area (Å²) in [6.45, 7) is 5.88. The Balaban J connectivity index is 2.43. The largest absolute Gasteiger partial charge is 0.392 e. The summed E-state index contributed by atoms with van der Waals surface area (Å²) in [5, 5.41) is 19.4. The molecule has 0 bridgehead atoms. The highest BCUT2D eigenvalue weighted by atomic mass is 16.3. The summed E-state index contributed by atoms with van der Waals surface area (Å²) in [6.07, 6.45) is 12.9. The zero-order valence-corrected chi connectivity index (χ0v) is 15.6. The van der Waals surface area contributed by atoms with E-state index in [0.717, 1.165) is 24.0 Å². The lowest BCUT2D eigenvalue weighted by atomic mass is 9.60. The number of carbonyl (C=O) groups is 1. The third kappa shape index (κ3) is 4.00. The Morgan fingerprint density at radius 1 is 1.00 bits per heavy atom. The predicted octanol–water partition coefficient (Wildman–Crippen LogP) is 4.19. The maximum atomic E-state index is 13.5. The monoisotopic (exact) mass is 334 g/mol. The second kappa shape index (κ2) is 7.97. The standard InChI is InChI=1S/C21H34O3/c1-20(2)13-17(15-23)16(14-22)11-12-21(3,19(20)24)18-9-7-5-4-6-8-10-18/h11-12,18,22-23H,4-10,13-15H2,1-3H3/b12-11-,17-16-. The molecule has 2 aliphatic rings. The average molecular weight is 335 g/mol. The Hall–Kier alpha value is -0.930. The van der Waals surface area contributed by atoms with E-state index in [2.05, 4.69) is 6.92 Å². The van der Waals surface area contributed by atoms with E-state index in [0.29, 0.717) is 12.3 Å². The van der Waals surface area contributed by atoms with Crippen molar-refractivity contribution in [3.63, 3.8) is 0 Å². The summed E-state index contributed by atoms with van der Waals surface area (Å²) in [5.74, 6) is 0.649. The Morgan fingerprint density at radius 2 is 1.58 bits per heavy atom. The fourth-order valence-electron chi connectivity index (χ4n) is 4.62. The molecule has 1 fully saturated rings. The first-order chi connectivity index (χ1) is 11.3. The molecular weight excluding hydrogens is 300 g/mol. The molecule has 2 N–H and O–H groups in total. The van der Waals surface area contributed by atoms with Crippen molar-refractivity contribution in [1.29, 1.82) is 0 Å².